The van der Waals surface area contributed by atoms with Crippen molar-refractivity contribution in [2.45, 2.75) is 24.9 Å². The summed E-state index contributed by atoms with van der Waals surface area (Å²) in [6.45, 7) is 0.824. The van der Waals surface area contributed by atoms with Gasteiger partial charge in [-0.3, -0.25) is 9.48 Å². The Labute approximate surface area is 135 Å². The van der Waals surface area contributed by atoms with Gasteiger partial charge in [0, 0.05) is 25.8 Å². The van der Waals surface area contributed by atoms with Gasteiger partial charge in [0.2, 0.25) is 0 Å². The molecule has 1 aliphatic heterocycles. The van der Waals surface area contributed by atoms with Crippen LogP contribution in [0.15, 0.2) is 29.9 Å². The van der Waals surface area contributed by atoms with Crippen LogP contribution in [0.4, 0.5) is 0 Å². The lowest BCUT2D eigenvalue weighted by Gasteiger charge is -2.31. The number of carbonyl (C=O) groups excluding carboxylic acids is 1. The van der Waals surface area contributed by atoms with Gasteiger partial charge < -0.3 is 9.80 Å². The normalized spacial score (nSPS) is 21.7. The standard InChI is InChI=1S/C16H22N4OS/c1-18(2)13-6-7-20(16(21)15-5-4-8-22-15)14(13)9-12-10-17-19(3)11-12/h4-5,8,10-11,13-14H,6-7,9H2,1-3H3/t13-,14+/m1/s1. The van der Waals surface area contributed by atoms with Gasteiger partial charge in [-0.1, -0.05) is 6.07 Å². The van der Waals surface area contributed by atoms with Gasteiger partial charge >= 0.3 is 0 Å². The summed E-state index contributed by atoms with van der Waals surface area (Å²) in [4.78, 5) is 17.9. The van der Waals surface area contributed by atoms with Gasteiger partial charge in [0.05, 0.1) is 17.1 Å². The van der Waals surface area contributed by atoms with Crippen molar-refractivity contribution >= 4 is 17.2 Å². The monoisotopic (exact) mass is 318 g/mol. The van der Waals surface area contributed by atoms with Gasteiger partial charge in [-0.15, -0.1) is 11.3 Å². The maximum Gasteiger partial charge on any atom is 0.264 e. The smallest absolute Gasteiger partial charge is 0.264 e. The highest BCUT2D eigenvalue weighted by Gasteiger charge is 2.38. The van der Waals surface area contributed by atoms with E-state index in [9.17, 15) is 4.79 Å². The summed E-state index contributed by atoms with van der Waals surface area (Å²) in [5.74, 6) is 0.160. The molecule has 1 fully saturated rings. The summed E-state index contributed by atoms with van der Waals surface area (Å²) in [6.07, 6.45) is 5.82. The lowest BCUT2D eigenvalue weighted by Crippen LogP contribution is -2.45. The molecule has 2 atom stereocenters. The molecule has 5 nitrogen and oxygen atoms in total. The molecule has 2 aromatic rings. The van der Waals surface area contributed by atoms with Crippen LogP contribution in [0, 0.1) is 0 Å². The maximum absolute atomic E-state index is 12.8. The predicted molar refractivity (Wildman–Crippen MR) is 88.1 cm³/mol. The minimum atomic E-state index is 0.160. The molecule has 6 heteroatoms. The lowest BCUT2D eigenvalue weighted by molar-refractivity contribution is 0.0709. The minimum Gasteiger partial charge on any atom is -0.333 e. The number of hydrogen-bond donors (Lipinski definition) is 0. The summed E-state index contributed by atoms with van der Waals surface area (Å²) in [7, 11) is 6.12. The zero-order chi connectivity index (χ0) is 15.7. The minimum absolute atomic E-state index is 0.160. The summed E-state index contributed by atoms with van der Waals surface area (Å²) in [6, 6.07) is 4.45. The molecular weight excluding hydrogens is 296 g/mol. The summed E-state index contributed by atoms with van der Waals surface area (Å²) in [5, 5.41) is 6.21. The highest BCUT2D eigenvalue weighted by molar-refractivity contribution is 7.12. The van der Waals surface area contributed by atoms with E-state index >= 15 is 0 Å². The first kappa shape index (κ1) is 15.2. The van der Waals surface area contributed by atoms with Gasteiger partial charge in [-0.25, -0.2) is 0 Å². The van der Waals surface area contributed by atoms with E-state index in [1.165, 1.54) is 16.9 Å². The molecule has 2 aromatic heterocycles. The molecule has 0 N–H and O–H groups in total. The second-order valence-corrected chi connectivity index (χ2v) is 7.04. The molecule has 0 aliphatic carbocycles. The van der Waals surface area contributed by atoms with Crippen LogP contribution in [-0.4, -0.2) is 58.2 Å². The Hall–Kier alpha value is -1.66. The van der Waals surface area contributed by atoms with Crippen molar-refractivity contribution in [1.82, 2.24) is 19.6 Å². The number of likely N-dealkylation sites (tertiary alicyclic amines) is 1. The highest BCUT2D eigenvalue weighted by atomic mass is 32.1. The van der Waals surface area contributed by atoms with Crippen LogP contribution in [-0.2, 0) is 13.5 Å². The van der Waals surface area contributed by atoms with Gasteiger partial charge in [0.1, 0.15) is 0 Å². The van der Waals surface area contributed by atoms with Crippen molar-refractivity contribution in [3.8, 4) is 0 Å². The highest BCUT2D eigenvalue weighted by Crippen LogP contribution is 2.27. The third-order valence-corrected chi connectivity index (χ3v) is 5.23. The summed E-state index contributed by atoms with van der Waals surface area (Å²) >= 11 is 1.52. The van der Waals surface area contributed by atoms with E-state index in [1.807, 2.05) is 46.5 Å². The largest absolute Gasteiger partial charge is 0.333 e. The molecule has 1 amide bonds. The maximum atomic E-state index is 12.8. The van der Waals surface area contributed by atoms with E-state index < -0.39 is 0 Å². The molecule has 22 heavy (non-hydrogen) atoms. The number of carbonyl (C=O) groups is 1. The number of amides is 1. The second kappa shape index (κ2) is 6.22. The third kappa shape index (κ3) is 2.94. The van der Waals surface area contributed by atoms with Crippen molar-refractivity contribution in [1.29, 1.82) is 0 Å². The Morgan fingerprint density at radius 2 is 2.32 bits per heavy atom. The van der Waals surface area contributed by atoms with Crippen LogP contribution < -0.4 is 0 Å². The Morgan fingerprint density at radius 3 is 2.91 bits per heavy atom. The molecule has 0 spiro atoms. The Kier molecular flexibility index (Phi) is 4.31. The zero-order valence-corrected chi connectivity index (χ0v) is 14.1. The van der Waals surface area contributed by atoms with Gasteiger partial charge in [0.25, 0.3) is 5.91 Å². The SMILES string of the molecule is CN(C)[C@@H]1CCN(C(=O)c2cccs2)[C@H]1Cc1cnn(C)c1. The quantitative estimate of drug-likeness (QED) is 0.864. The lowest BCUT2D eigenvalue weighted by atomic mass is 10.0. The number of thiophene rings is 1. The van der Waals surface area contributed by atoms with Crippen molar-refractivity contribution in [3.63, 3.8) is 0 Å². The van der Waals surface area contributed by atoms with Crippen molar-refractivity contribution in [3.05, 3.63) is 40.3 Å². The molecule has 0 unspecified atom stereocenters. The molecule has 3 heterocycles. The topological polar surface area (TPSA) is 41.4 Å². The molecule has 3 rings (SSSR count). The third-order valence-electron chi connectivity index (χ3n) is 4.37. The molecule has 1 saturated heterocycles. The first-order chi connectivity index (χ1) is 10.6. The summed E-state index contributed by atoms with van der Waals surface area (Å²) < 4.78 is 1.82. The van der Waals surface area contributed by atoms with Gasteiger partial charge in [-0.05, 0) is 43.9 Å². The van der Waals surface area contributed by atoms with Crippen LogP contribution in [0.3, 0.4) is 0 Å². The van der Waals surface area contributed by atoms with Gasteiger partial charge in [0.15, 0.2) is 0 Å². The van der Waals surface area contributed by atoms with Crippen molar-refractivity contribution < 1.29 is 4.79 Å². The van der Waals surface area contributed by atoms with E-state index in [0.29, 0.717) is 6.04 Å². The van der Waals surface area contributed by atoms with E-state index in [-0.39, 0.29) is 11.9 Å². The van der Waals surface area contributed by atoms with E-state index in [4.69, 9.17) is 0 Å². The van der Waals surface area contributed by atoms with Crippen LogP contribution in [0.1, 0.15) is 21.7 Å². The van der Waals surface area contributed by atoms with Crippen LogP contribution in [0.5, 0.6) is 0 Å². The molecular formula is C16H22N4OS. The average molecular weight is 318 g/mol. The number of aromatic nitrogens is 2. The molecule has 0 radical (unpaired) electrons. The number of hydrogen-bond acceptors (Lipinski definition) is 4. The number of rotatable bonds is 4. The number of likely N-dealkylation sites (N-methyl/N-ethyl adjacent to an activating group) is 1. The van der Waals surface area contributed by atoms with Crippen LogP contribution in [0.2, 0.25) is 0 Å². The van der Waals surface area contributed by atoms with Crippen molar-refractivity contribution in [2.75, 3.05) is 20.6 Å². The van der Waals surface area contributed by atoms with E-state index in [2.05, 4.69) is 24.1 Å². The first-order valence-corrected chi connectivity index (χ1v) is 8.42. The van der Waals surface area contributed by atoms with E-state index in [0.717, 1.165) is 24.3 Å². The number of nitrogens with zero attached hydrogens (tertiary/aromatic N) is 4. The second-order valence-electron chi connectivity index (χ2n) is 6.09. The fourth-order valence-electron chi connectivity index (χ4n) is 3.30. The molecule has 0 bridgehead atoms. The number of aryl methyl sites for hydroxylation is 1. The Balaban J connectivity index is 1.83. The molecule has 0 aromatic carbocycles. The first-order valence-electron chi connectivity index (χ1n) is 7.54. The Bertz CT molecular complexity index is 634. The fourth-order valence-corrected chi connectivity index (χ4v) is 3.98. The zero-order valence-electron chi connectivity index (χ0n) is 13.3. The fraction of sp³-hybridized carbons (Fsp3) is 0.500. The average Bonchev–Trinajstić information content (AvgIpc) is 3.19. The van der Waals surface area contributed by atoms with Crippen LogP contribution in [0.25, 0.3) is 0 Å². The van der Waals surface area contributed by atoms with Gasteiger partial charge in [-0.2, -0.15) is 5.10 Å². The van der Waals surface area contributed by atoms with Crippen LogP contribution >= 0.6 is 11.3 Å². The molecule has 1 aliphatic rings. The van der Waals surface area contributed by atoms with Crippen molar-refractivity contribution in [2.24, 2.45) is 7.05 Å². The Morgan fingerprint density at radius 1 is 1.50 bits per heavy atom. The predicted octanol–water partition coefficient (Wildman–Crippen LogP) is 1.87. The summed E-state index contributed by atoms with van der Waals surface area (Å²) in [5.41, 5.74) is 1.19. The van der Waals surface area contributed by atoms with E-state index in [1.54, 1.807) is 0 Å². The molecule has 118 valence electrons. The molecule has 0 saturated carbocycles.